The molecule has 0 aromatic heterocycles. The van der Waals surface area contributed by atoms with Gasteiger partial charge >= 0.3 is 0 Å². The van der Waals surface area contributed by atoms with Gasteiger partial charge in [-0.2, -0.15) is 0 Å². The van der Waals surface area contributed by atoms with E-state index < -0.39 is 9.85 Å². The third-order valence-corrected chi connectivity index (χ3v) is 3.45. The molecule has 0 amide bonds. The van der Waals surface area contributed by atoms with E-state index in [4.69, 9.17) is 5.73 Å². The van der Waals surface area contributed by atoms with Crippen LogP contribution in [0.4, 0.5) is 4.11 Å². The van der Waals surface area contributed by atoms with Gasteiger partial charge in [-0.25, -0.2) is 0 Å². The molecular formula is C6H15FN2Si. The van der Waals surface area contributed by atoms with Crippen LogP contribution in [0.3, 0.4) is 0 Å². The minimum atomic E-state index is -1.38. The Morgan fingerprint density at radius 1 is 1.70 bits per heavy atom. The number of likely N-dealkylation sites (tertiary alicyclic amines) is 1. The van der Waals surface area contributed by atoms with E-state index in [-0.39, 0.29) is 11.6 Å². The van der Waals surface area contributed by atoms with Crippen LogP contribution in [0.25, 0.3) is 0 Å². The van der Waals surface area contributed by atoms with E-state index in [0.29, 0.717) is 0 Å². The first-order valence-electron chi connectivity index (χ1n) is 3.74. The van der Waals surface area contributed by atoms with Crippen molar-refractivity contribution in [1.29, 1.82) is 0 Å². The van der Waals surface area contributed by atoms with Crippen molar-refractivity contribution in [3.05, 3.63) is 0 Å². The highest BCUT2D eigenvalue weighted by Crippen LogP contribution is 2.18. The van der Waals surface area contributed by atoms with Gasteiger partial charge in [0.2, 0.25) is 9.85 Å². The van der Waals surface area contributed by atoms with Gasteiger partial charge in [0.15, 0.2) is 0 Å². The van der Waals surface area contributed by atoms with E-state index in [1.54, 1.807) is 0 Å². The van der Waals surface area contributed by atoms with Gasteiger partial charge in [-0.1, -0.05) is 0 Å². The van der Waals surface area contributed by atoms with Crippen molar-refractivity contribution < 1.29 is 4.11 Å². The summed E-state index contributed by atoms with van der Waals surface area (Å²) < 4.78 is 12.3. The third kappa shape index (κ3) is 1.77. The van der Waals surface area contributed by atoms with Crippen LogP contribution >= 0.6 is 0 Å². The molecule has 1 rings (SSSR count). The maximum absolute atomic E-state index is 12.3. The zero-order chi connectivity index (χ0) is 7.56. The lowest BCUT2D eigenvalue weighted by atomic mass is 10.1. The zero-order valence-corrected chi connectivity index (χ0v) is 7.80. The smallest absolute Gasteiger partial charge is 0.222 e. The summed E-state index contributed by atoms with van der Waals surface area (Å²) in [5.74, 6) is 0. The highest BCUT2D eigenvalue weighted by atomic mass is 28.3. The van der Waals surface area contributed by atoms with Gasteiger partial charge in [-0.3, -0.25) is 0 Å². The molecule has 0 aromatic carbocycles. The lowest BCUT2D eigenvalue weighted by Gasteiger charge is -2.32. The van der Waals surface area contributed by atoms with E-state index in [1.165, 1.54) is 0 Å². The normalized spacial score (nSPS) is 37.5. The van der Waals surface area contributed by atoms with Crippen LogP contribution in [0.5, 0.6) is 0 Å². The molecule has 1 aliphatic heterocycles. The van der Waals surface area contributed by atoms with Crippen LogP contribution in [0, 0.1) is 0 Å². The van der Waals surface area contributed by atoms with Crippen molar-refractivity contribution >= 4 is 9.85 Å². The first-order valence-corrected chi connectivity index (χ1v) is 5.09. The zero-order valence-electron chi connectivity index (χ0n) is 6.39. The van der Waals surface area contributed by atoms with Crippen LogP contribution in [-0.2, 0) is 0 Å². The molecule has 0 aliphatic carbocycles. The van der Waals surface area contributed by atoms with Crippen LogP contribution in [0.2, 0.25) is 5.54 Å². The Morgan fingerprint density at radius 2 is 2.40 bits per heavy atom. The van der Waals surface area contributed by atoms with Crippen molar-refractivity contribution in [2.24, 2.45) is 5.73 Å². The Kier molecular flexibility index (Phi) is 2.82. The van der Waals surface area contributed by atoms with Crippen LogP contribution < -0.4 is 5.73 Å². The molecule has 0 aromatic rings. The van der Waals surface area contributed by atoms with Gasteiger partial charge < -0.3 is 14.7 Å². The molecule has 2 atom stereocenters. The second-order valence-electron chi connectivity index (χ2n) is 3.13. The maximum atomic E-state index is 12.3. The lowest BCUT2D eigenvalue weighted by Crippen LogP contribution is -2.43. The van der Waals surface area contributed by atoms with Gasteiger partial charge in [0.25, 0.3) is 0 Å². The largest absolute Gasteiger partial charge is 0.328 e. The molecule has 1 fully saturated rings. The number of hydrogen-bond donors (Lipinski definition) is 1. The number of hydrogen-bond acceptors (Lipinski definition) is 2. The fraction of sp³-hybridized carbons (Fsp3) is 1.00. The summed E-state index contributed by atoms with van der Waals surface area (Å²) in [5, 5.41) is 0. The standard InChI is InChI=1S/C6H15FN2Si/c1-9-3-2-5(8)6(4-9)10-7/h5-6H,2-4,8,10H2,1H3/t5-,6+/m1/s1. The molecule has 10 heavy (non-hydrogen) atoms. The quantitative estimate of drug-likeness (QED) is 0.416. The molecule has 0 bridgehead atoms. The van der Waals surface area contributed by atoms with Crippen LogP contribution in [0.1, 0.15) is 6.42 Å². The Hall–Kier alpha value is 0.0669. The minimum absolute atomic E-state index is 0.146. The average molecular weight is 162 g/mol. The summed E-state index contributed by atoms with van der Waals surface area (Å²) >= 11 is 0. The Labute approximate surface area is 63.6 Å². The average Bonchev–Trinajstić information content (AvgIpc) is 1.94. The lowest BCUT2D eigenvalue weighted by molar-refractivity contribution is 0.252. The summed E-state index contributed by atoms with van der Waals surface area (Å²) in [7, 11) is 0.653. The molecule has 1 heterocycles. The van der Waals surface area contributed by atoms with E-state index in [0.717, 1.165) is 19.5 Å². The first kappa shape index (κ1) is 8.17. The van der Waals surface area contributed by atoms with Gasteiger partial charge in [-0.15, -0.1) is 0 Å². The van der Waals surface area contributed by atoms with Crippen LogP contribution in [-0.4, -0.2) is 40.9 Å². The number of halogens is 1. The highest BCUT2D eigenvalue weighted by Gasteiger charge is 2.24. The van der Waals surface area contributed by atoms with E-state index >= 15 is 0 Å². The molecule has 0 radical (unpaired) electrons. The first-order chi connectivity index (χ1) is 4.74. The Morgan fingerprint density at radius 3 is 2.90 bits per heavy atom. The summed E-state index contributed by atoms with van der Waals surface area (Å²) in [6, 6.07) is 0.146. The molecule has 2 nitrogen and oxygen atoms in total. The molecule has 2 N–H and O–H groups in total. The predicted molar refractivity (Wildman–Crippen MR) is 43.5 cm³/mol. The monoisotopic (exact) mass is 162 g/mol. The minimum Gasteiger partial charge on any atom is -0.328 e. The molecule has 0 saturated carbocycles. The van der Waals surface area contributed by atoms with E-state index in [1.807, 2.05) is 7.05 Å². The second-order valence-corrected chi connectivity index (χ2v) is 4.49. The predicted octanol–water partition coefficient (Wildman–Crippen LogP) is -0.509. The third-order valence-electron chi connectivity index (χ3n) is 2.19. The van der Waals surface area contributed by atoms with Gasteiger partial charge in [0.05, 0.1) is 0 Å². The van der Waals surface area contributed by atoms with Gasteiger partial charge in [0.1, 0.15) is 0 Å². The Balaban J connectivity index is 2.38. The highest BCUT2D eigenvalue weighted by molar-refractivity contribution is 6.29. The molecule has 1 saturated heterocycles. The SMILES string of the molecule is CN1CC[C@@H](N)[C@@H]([SiH2]F)C1. The van der Waals surface area contributed by atoms with E-state index in [2.05, 4.69) is 4.90 Å². The van der Waals surface area contributed by atoms with E-state index in [9.17, 15) is 4.11 Å². The molecule has 4 heteroatoms. The molecule has 60 valence electrons. The summed E-state index contributed by atoms with van der Waals surface area (Å²) in [5.41, 5.74) is 5.93. The number of nitrogens with zero attached hydrogens (tertiary/aromatic N) is 1. The fourth-order valence-corrected chi connectivity index (χ4v) is 2.40. The summed E-state index contributed by atoms with van der Waals surface area (Å²) in [4.78, 5) is 2.17. The van der Waals surface area contributed by atoms with Crippen molar-refractivity contribution in [3.8, 4) is 0 Å². The number of nitrogens with two attached hydrogens (primary N) is 1. The van der Waals surface area contributed by atoms with Crippen molar-refractivity contribution in [2.45, 2.75) is 18.0 Å². The topological polar surface area (TPSA) is 29.3 Å². The van der Waals surface area contributed by atoms with Gasteiger partial charge in [0, 0.05) is 18.1 Å². The van der Waals surface area contributed by atoms with Crippen molar-refractivity contribution in [2.75, 3.05) is 20.1 Å². The van der Waals surface area contributed by atoms with Crippen molar-refractivity contribution in [1.82, 2.24) is 4.90 Å². The molecule has 0 spiro atoms. The molecular weight excluding hydrogens is 147 g/mol. The number of rotatable bonds is 1. The number of piperidine rings is 1. The second kappa shape index (κ2) is 3.46. The Bertz CT molecular complexity index is 112. The summed E-state index contributed by atoms with van der Waals surface area (Å²) in [6.07, 6.45) is 0.970. The van der Waals surface area contributed by atoms with Gasteiger partial charge in [-0.05, 0) is 20.0 Å². The summed E-state index contributed by atoms with van der Waals surface area (Å²) in [6.45, 7) is 1.91. The van der Waals surface area contributed by atoms with Crippen molar-refractivity contribution in [3.63, 3.8) is 0 Å². The molecule has 1 aliphatic rings. The van der Waals surface area contributed by atoms with Crippen LogP contribution in [0.15, 0.2) is 0 Å². The fourth-order valence-electron chi connectivity index (χ4n) is 1.40. The molecule has 0 unspecified atom stereocenters. The maximum Gasteiger partial charge on any atom is 0.222 e.